The van der Waals surface area contributed by atoms with E-state index in [-0.39, 0.29) is 5.91 Å². The van der Waals surface area contributed by atoms with Crippen LogP contribution in [0.1, 0.15) is 28.1 Å². The highest BCUT2D eigenvalue weighted by atomic mass is 16.5. The Labute approximate surface area is 160 Å². The minimum absolute atomic E-state index is 0.0200. The van der Waals surface area contributed by atoms with Crippen LogP contribution >= 0.6 is 0 Å². The topological polar surface area (TPSA) is 56.1 Å². The Morgan fingerprint density at radius 2 is 1.85 bits per heavy atom. The fourth-order valence-corrected chi connectivity index (χ4v) is 3.15. The lowest BCUT2D eigenvalue weighted by atomic mass is 10.1. The molecule has 0 unspecified atom stereocenters. The third kappa shape index (κ3) is 4.19. The molecule has 1 heterocycles. The zero-order valence-corrected chi connectivity index (χ0v) is 16.2. The van der Waals surface area contributed by atoms with Crippen molar-refractivity contribution in [2.24, 2.45) is 0 Å². The number of amides is 1. The Bertz CT molecular complexity index is 946. The monoisotopic (exact) mass is 363 g/mol. The van der Waals surface area contributed by atoms with Crippen molar-refractivity contribution >= 4 is 5.91 Å². The molecule has 0 fully saturated rings. The van der Waals surface area contributed by atoms with E-state index < -0.39 is 0 Å². The Morgan fingerprint density at radius 3 is 2.56 bits per heavy atom. The molecule has 2 aromatic carbocycles. The number of hydrogen-bond donors (Lipinski definition) is 1. The molecule has 0 spiro atoms. The molecule has 3 rings (SSSR count). The van der Waals surface area contributed by atoms with Crippen LogP contribution in [0.4, 0.5) is 0 Å². The first-order chi connectivity index (χ1) is 13.0. The Hall–Kier alpha value is -3.08. The Kier molecular flexibility index (Phi) is 5.60. The van der Waals surface area contributed by atoms with E-state index in [9.17, 15) is 4.79 Å². The van der Waals surface area contributed by atoms with Gasteiger partial charge in [-0.2, -0.15) is 5.10 Å². The van der Waals surface area contributed by atoms with Gasteiger partial charge in [0.05, 0.1) is 24.9 Å². The lowest BCUT2D eigenvalue weighted by molar-refractivity contribution is -0.120. The van der Waals surface area contributed by atoms with Crippen molar-refractivity contribution in [3.05, 3.63) is 76.6 Å². The molecule has 0 atom stereocenters. The van der Waals surface area contributed by atoms with Gasteiger partial charge in [0.15, 0.2) is 0 Å². The number of nitrogens with zero attached hydrogens (tertiary/aromatic N) is 2. The number of carbonyl (C=O) groups excluding carboxylic acids is 1. The summed E-state index contributed by atoms with van der Waals surface area (Å²) in [7, 11) is 1.65. The van der Waals surface area contributed by atoms with E-state index in [2.05, 4.69) is 10.4 Å². The number of ether oxygens (including phenoxy) is 1. The normalized spacial score (nSPS) is 10.7. The molecule has 1 amide bonds. The van der Waals surface area contributed by atoms with Gasteiger partial charge < -0.3 is 10.1 Å². The SMILES string of the molecule is COc1cc(CNC(=O)Cc2c(C)nn(-c3ccccc3)c2C)ccc1C. The largest absolute Gasteiger partial charge is 0.496 e. The summed E-state index contributed by atoms with van der Waals surface area (Å²) in [6, 6.07) is 15.9. The molecule has 0 saturated carbocycles. The van der Waals surface area contributed by atoms with Crippen LogP contribution in [-0.4, -0.2) is 22.8 Å². The summed E-state index contributed by atoms with van der Waals surface area (Å²) < 4.78 is 7.23. The van der Waals surface area contributed by atoms with Crippen molar-refractivity contribution in [2.45, 2.75) is 33.7 Å². The lowest BCUT2D eigenvalue weighted by Crippen LogP contribution is -2.25. The summed E-state index contributed by atoms with van der Waals surface area (Å²) in [5.74, 6) is 0.811. The molecule has 0 bridgehead atoms. The summed E-state index contributed by atoms with van der Waals surface area (Å²) >= 11 is 0. The van der Waals surface area contributed by atoms with Gasteiger partial charge in [0.25, 0.3) is 0 Å². The minimum atomic E-state index is -0.0200. The van der Waals surface area contributed by atoms with Crippen molar-refractivity contribution in [3.8, 4) is 11.4 Å². The molecular formula is C22H25N3O2. The average molecular weight is 363 g/mol. The first-order valence-electron chi connectivity index (χ1n) is 9.00. The summed E-state index contributed by atoms with van der Waals surface area (Å²) in [6.07, 6.45) is 0.313. The number of aryl methyl sites for hydroxylation is 2. The second kappa shape index (κ2) is 8.08. The minimum Gasteiger partial charge on any atom is -0.496 e. The number of benzene rings is 2. The fourth-order valence-electron chi connectivity index (χ4n) is 3.15. The first kappa shape index (κ1) is 18.7. The number of methoxy groups -OCH3 is 1. The molecule has 5 heteroatoms. The van der Waals surface area contributed by atoms with Gasteiger partial charge in [-0.1, -0.05) is 30.3 Å². The van der Waals surface area contributed by atoms with E-state index in [0.29, 0.717) is 13.0 Å². The Balaban J connectivity index is 1.69. The molecule has 140 valence electrons. The Morgan fingerprint density at radius 1 is 1.11 bits per heavy atom. The number of rotatable bonds is 6. The van der Waals surface area contributed by atoms with Gasteiger partial charge in [0.2, 0.25) is 5.91 Å². The predicted molar refractivity (Wildman–Crippen MR) is 106 cm³/mol. The van der Waals surface area contributed by atoms with Gasteiger partial charge in [0.1, 0.15) is 5.75 Å². The van der Waals surface area contributed by atoms with Crippen LogP contribution in [0.5, 0.6) is 5.75 Å². The molecule has 5 nitrogen and oxygen atoms in total. The zero-order valence-electron chi connectivity index (χ0n) is 16.2. The molecule has 0 aliphatic heterocycles. The molecule has 1 aromatic heterocycles. The van der Waals surface area contributed by atoms with E-state index >= 15 is 0 Å². The van der Waals surface area contributed by atoms with Crippen molar-refractivity contribution in [1.82, 2.24) is 15.1 Å². The van der Waals surface area contributed by atoms with Crippen LogP contribution in [0.15, 0.2) is 48.5 Å². The van der Waals surface area contributed by atoms with Crippen molar-refractivity contribution in [1.29, 1.82) is 0 Å². The van der Waals surface area contributed by atoms with Crippen LogP contribution in [0.2, 0.25) is 0 Å². The molecule has 1 N–H and O–H groups in total. The van der Waals surface area contributed by atoms with Gasteiger partial charge in [-0.3, -0.25) is 4.79 Å². The molecule has 27 heavy (non-hydrogen) atoms. The third-order valence-corrected chi connectivity index (χ3v) is 4.74. The van der Waals surface area contributed by atoms with E-state index in [1.165, 1.54) is 0 Å². The van der Waals surface area contributed by atoms with E-state index in [4.69, 9.17) is 4.74 Å². The van der Waals surface area contributed by atoms with Crippen LogP contribution in [-0.2, 0) is 17.8 Å². The van der Waals surface area contributed by atoms with Gasteiger partial charge in [-0.25, -0.2) is 4.68 Å². The summed E-state index contributed by atoms with van der Waals surface area (Å²) in [5.41, 5.74) is 5.93. The summed E-state index contributed by atoms with van der Waals surface area (Å²) in [4.78, 5) is 12.5. The maximum Gasteiger partial charge on any atom is 0.224 e. The predicted octanol–water partition coefficient (Wildman–Crippen LogP) is 3.67. The number of carbonyl (C=O) groups is 1. The van der Waals surface area contributed by atoms with E-state index in [1.807, 2.05) is 74.0 Å². The maximum atomic E-state index is 12.5. The number of hydrogen-bond acceptors (Lipinski definition) is 3. The van der Waals surface area contributed by atoms with Gasteiger partial charge in [-0.05, 0) is 50.1 Å². The van der Waals surface area contributed by atoms with Crippen LogP contribution in [0.3, 0.4) is 0 Å². The van der Waals surface area contributed by atoms with Crippen LogP contribution < -0.4 is 10.1 Å². The second-order valence-electron chi connectivity index (χ2n) is 6.65. The summed E-state index contributed by atoms with van der Waals surface area (Å²) in [5, 5.41) is 7.59. The number of para-hydroxylation sites is 1. The van der Waals surface area contributed by atoms with Crippen LogP contribution in [0, 0.1) is 20.8 Å². The van der Waals surface area contributed by atoms with Gasteiger partial charge in [0, 0.05) is 17.8 Å². The number of aromatic nitrogens is 2. The highest BCUT2D eigenvalue weighted by Crippen LogP contribution is 2.20. The smallest absolute Gasteiger partial charge is 0.224 e. The molecule has 0 aliphatic carbocycles. The average Bonchev–Trinajstić information content (AvgIpc) is 2.96. The highest BCUT2D eigenvalue weighted by molar-refractivity contribution is 5.79. The fraction of sp³-hybridized carbons (Fsp3) is 0.273. The van der Waals surface area contributed by atoms with E-state index in [0.717, 1.165) is 39.5 Å². The molecular weight excluding hydrogens is 338 g/mol. The van der Waals surface area contributed by atoms with Crippen molar-refractivity contribution < 1.29 is 9.53 Å². The van der Waals surface area contributed by atoms with E-state index in [1.54, 1.807) is 7.11 Å². The van der Waals surface area contributed by atoms with Crippen LogP contribution in [0.25, 0.3) is 5.69 Å². The molecule has 0 saturated heterocycles. The lowest BCUT2D eigenvalue weighted by Gasteiger charge is -2.09. The zero-order chi connectivity index (χ0) is 19.4. The summed E-state index contributed by atoms with van der Waals surface area (Å²) in [6.45, 7) is 6.41. The molecule has 3 aromatic rings. The highest BCUT2D eigenvalue weighted by Gasteiger charge is 2.16. The van der Waals surface area contributed by atoms with Gasteiger partial charge in [-0.15, -0.1) is 0 Å². The standard InChI is InChI=1S/C22H25N3O2/c1-15-10-11-18(12-21(15)27-4)14-23-22(26)13-20-16(2)24-25(17(20)3)19-8-6-5-7-9-19/h5-12H,13-14H2,1-4H3,(H,23,26). The molecule has 0 radical (unpaired) electrons. The number of nitrogens with one attached hydrogen (secondary N) is 1. The molecule has 0 aliphatic rings. The van der Waals surface area contributed by atoms with Crippen molar-refractivity contribution in [2.75, 3.05) is 7.11 Å². The van der Waals surface area contributed by atoms with Crippen molar-refractivity contribution in [3.63, 3.8) is 0 Å². The third-order valence-electron chi connectivity index (χ3n) is 4.74. The maximum absolute atomic E-state index is 12.5. The first-order valence-corrected chi connectivity index (χ1v) is 9.00. The second-order valence-corrected chi connectivity index (χ2v) is 6.65. The quantitative estimate of drug-likeness (QED) is 0.727. The van der Waals surface area contributed by atoms with Gasteiger partial charge >= 0.3 is 0 Å².